The zero-order valence-electron chi connectivity index (χ0n) is 14.6. The van der Waals surface area contributed by atoms with Crippen molar-refractivity contribution in [1.29, 1.82) is 0 Å². The van der Waals surface area contributed by atoms with Crippen LogP contribution in [-0.2, 0) is 16.6 Å². The van der Waals surface area contributed by atoms with Crippen molar-refractivity contribution < 1.29 is 17.9 Å². The van der Waals surface area contributed by atoms with Gasteiger partial charge in [0.15, 0.2) is 0 Å². The summed E-state index contributed by atoms with van der Waals surface area (Å²) >= 11 is 1.41. The lowest BCUT2D eigenvalue weighted by atomic mass is 10.2. The largest absolute Gasteiger partial charge is 0.494 e. The molecule has 0 aliphatic carbocycles. The fourth-order valence-corrected chi connectivity index (χ4v) is 3.79. The van der Waals surface area contributed by atoms with Gasteiger partial charge in [-0.2, -0.15) is 0 Å². The van der Waals surface area contributed by atoms with E-state index in [2.05, 4.69) is 9.71 Å². The molecule has 2 aromatic carbocycles. The Labute approximate surface area is 162 Å². The normalized spacial score (nSPS) is 11.3. The molecule has 3 rings (SSSR count). The van der Waals surface area contributed by atoms with E-state index in [1.165, 1.54) is 11.3 Å². The molecule has 8 heteroatoms. The summed E-state index contributed by atoms with van der Waals surface area (Å²) < 4.78 is 37.9. The molecule has 0 spiro atoms. The van der Waals surface area contributed by atoms with Crippen LogP contribution < -0.4 is 14.2 Å². The van der Waals surface area contributed by atoms with Crippen molar-refractivity contribution in [3.05, 3.63) is 71.7 Å². The van der Waals surface area contributed by atoms with Crippen LogP contribution in [0.4, 0.5) is 0 Å². The van der Waals surface area contributed by atoms with E-state index in [9.17, 15) is 8.42 Å². The molecule has 0 radical (unpaired) electrons. The quantitative estimate of drug-likeness (QED) is 0.520. The minimum atomic E-state index is -3.35. The third-order valence-electron chi connectivity index (χ3n) is 3.60. The van der Waals surface area contributed by atoms with Crippen molar-refractivity contribution in [3.8, 4) is 16.7 Å². The number of thiazole rings is 1. The fourth-order valence-electron chi connectivity index (χ4n) is 2.26. The SMILES string of the molecule is O=S(=O)(CCCOc1ccccc1)NCc1ccc(Oc2nccs2)cc1. The highest BCUT2D eigenvalue weighted by atomic mass is 32.2. The highest BCUT2D eigenvalue weighted by Crippen LogP contribution is 2.23. The van der Waals surface area contributed by atoms with Crippen LogP contribution in [0.2, 0.25) is 0 Å². The number of benzene rings is 2. The van der Waals surface area contributed by atoms with E-state index in [0.717, 1.165) is 11.3 Å². The maximum absolute atomic E-state index is 12.1. The van der Waals surface area contributed by atoms with Gasteiger partial charge >= 0.3 is 0 Å². The zero-order chi connectivity index (χ0) is 19.0. The molecule has 0 unspecified atom stereocenters. The first-order chi connectivity index (χ1) is 13.1. The van der Waals surface area contributed by atoms with Crippen molar-refractivity contribution in [2.75, 3.05) is 12.4 Å². The molecule has 0 aliphatic heterocycles. The molecule has 0 amide bonds. The number of rotatable bonds is 10. The summed E-state index contributed by atoms with van der Waals surface area (Å²) in [6.45, 7) is 0.590. The maximum atomic E-state index is 12.1. The second kappa shape index (κ2) is 9.50. The van der Waals surface area contributed by atoms with E-state index in [-0.39, 0.29) is 12.3 Å². The van der Waals surface area contributed by atoms with E-state index in [0.29, 0.717) is 24.0 Å². The van der Waals surface area contributed by atoms with Crippen LogP contribution in [0, 0.1) is 0 Å². The molecule has 142 valence electrons. The summed E-state index contributed by atoms with van der Waals surface area (Å²) in [4.78, 5) is 4.05. The molecule has 1 aromatic heterocycles. The monoisotopic (exact) mass is 404 g/mol. The van der Waals surface area contributed by atoms with Gasteiger partial charge in [0.05, 0.1) is 12.4 Å². The van der Waals surface area contributed by atoms with Gasteiger partial charge in [0.2, 0.25) is 10.0 Å². The van der Waals surface area contributed by atoms with Gasteiger partial charge in [-0.05, 0) is 36.2 Å². The van der Waals surface area contributed by atoms with Crippen molar-refractivity contribution in [2.24, 2.45) is 0 Å². The Hall–Kier alpha value is -2.42. The van der Waals surface area contributed by atoms with Gasteiger partial charge in [-0.3, -0.25) is 0 Å². The van der Waals surface area contributed by atoms with Gasteiger partial charge in [-0.1, -0.05) is 41.7 Å². The Morgan fingerprint density at radius 1 is 1.00 bits per heavy atom. The summed E-state index contributed by atoms with van der Waals surface area (Å²) in [6.07, 6.45) is 2.10. The average molecular weight is 405 g/mol. The minimum absolute atomic E-state index is 0.0189. The highest BCUT2D eigenvalue weighted by molar-refractivity contribution is 7.89. The van der Waals surface area contributed by atoms with Crippen LogP contribution in [0.1, 0.15) is 12.0 Å². The summed E-state index contributed by atoms with van der Waals surface area (Å²) in [6, 6.07) is 16.6. The molecule has 1 heterocycles. The Kier molecular flexibility index (Phi) is 6.80. The van der Waals surface area contributed by atoms with Crippen LogP contribution >= 0.6 is 11.3 Å². The second-order valence-electron chi connectivity index (χ2n) is 5.70. The maximum Gasteiger partial charge on any atom is 0.278 e. The highest BCUT2D eigenvalue weighted by Gasteiger charge is 2.10. The molecular formula is C19H20N2O4S2. The molecule has 27 heavy (non-hydrogen) atoms. The number of ether oxygens (including phenoxy) is 2. The number of aromatic nitrogens is 1. The van der Waals surface area contributed by atoms with Crippen molar-refractivity contribution in [2.45, 2.75) is 13.0 Å². The van der Waals surface area contributed by atoms with Crippen LogP contribution in [0.15, 0.2) is 66.2 Å². The van der Waals surface area contributed by atoms with Gasteiger partial charge in [-0.15, -0.1) is 0 Å². The number of sulfonamides is 1. The molecule has 0 aliphatic rings. The van der Waals surface area contributed by atoms with Gasteiger partial charge in [-0.25, -0.2) is 18.1 Å². The minimum Gasteiger partial charge on any atom is -0.494 e. The molecule has 0 fully saturated rings. The number of para-hydroxylation sites is 1. The number of nitrogens with zero attached hydrogens (tertiary/aromatic N) is 1. The van der Waals surface area contributed by atoms with Crippen LogP contribution in [0.3, 0.4) is 0 Å². The number of hydrogen-bond donors (Lipinski definition) is 1. The molecule has 6 nitrogen and oxygen atoms in total. The van der Waals surface area contributed by atoms with E-state index >= 15 is 0 Å². The van der Waals surface area contributed by atoms with Gasteiger partial charge in [0.25, 0.3) is 5.19 Å². The zero-order valence-corrected chi connectivity index (χ0v) is 16.2. The van der Waals surface area contributed by atoms with Crippen molar-refractivity contribution in [1.82, 2.24) is 9.71 Å². The Balaban J connectivity index is 1.40. The Morgan fingerprint density at radius 3 is 2.48 bits per heavy atom. The Bertz CT molecular complexity index is 912. The third kappa shape index (κ3) is 6.67. The smallest absolute Gasteiger partial charge is 0.278 e. The van der Waals surface area contributed by atoms with E-state index in [1.54, 1.807) is 18.3 Å². The molecule has 0 atom stereocenters. The summed E-state index contributed by atoms with van der Waals surface area (Å²) in [5, 5.41) is 2.41. The number of hydrogen-bond acceptors (Lipinski definition) is 6. The standard InChI is InChI=1S/C19H20N2O4S2/c22-27(23,14-4-12-24-17-5-2-1-3-6-17)21-15-16-7-9-18(10-8-16)25-19-20-11-13-26-19/h1-3,5-11,13,21H,4,12,14-15H2. The molecule has 0 bridgehead atoms. The first-order valence-electron chi connectivity index (χ1n) is 8.42. The van der Waals surface area contributed by atoms with Crippen LogP contribution in [0.5, 0.6) is 16.7 Å². The van der Waals surface area contributed by atoms with E-state index in [1.807, 2.05) is 47.8 Å². The molecule has 3 aromatic rings. The first kappa shape index (κ1) is 19.3. The topological polar surface area (TPSA) is 77.5 Å². The molecular weight excluding hydrogens is 384 g/mol. The lowest BCUT2D eigenvalue weighted by molar-refractivity contribution is 0.317. The average Bonchev–Trinajstić information content (AvgIpc) is 3.19. The van der Waals surface area contributed by atoms with Gasteiger partial charge in [0.1, 0.15) is 11.5 Å². The molecule has 0 saturated carbocycles. The summed E-state index contributed by atoms with van der Waals surface area (Å²) in [5.74, 6) is 1.42. The van der Waals surface area contributed by atoms with E-state index in [4.69, 9.17) is 9.47 Å². The molecule has 0 saturated heterocycles. The first-order valence-corrected chi connectivity index (χ1v) is 11.0. The van der Waals surface area contributed by atoms with Crippen LogP contribution in [0.25, 0.3) is 0 Å². The predicted octanol–water partition coefficient (Wildman–Crippen LogP) is 3.82. The van der Waals surface area contributed by atoms with Crippen molar-refractivity contribution >= 4 is 21.4 Å². The van der Waals surface area contributed by atoms with Crippen molar-refractivity contribution in [3.63, 3.8) is 0 Å². The lowest BCUT2D eigenvalue weighted by Crippen LogP contribution is -2.26. The lowest BCUT2D eigenvalue weighted by Gasteiger charge is -2.09. The second-order valence-corrected chi connectivity index (χ2v) is 8.48. The van der Waals surface area contributed by atoms with E-state index < -0.39 is 10.0 Å². The van der Waals surface area contributed by atoms with Crippen LogP contribution in [-0.4, -0.2) is 25.8 Å². The predicted molar refractivity (Wildman–Crippen MR) is 106 cm³/mol. The van der Waals surface area contributed by atoms with Gasteiger partial charge in [0, 0.05) is 18.1 Å². The van der Waals surface area contributed by atoms with Gasteiger partial charge < -0.3 is 9.47 Å². The Morgan fingerprint density at radius 2 is 1.78 bits per heavy atom. The third-order valence-corrected chi connectivity index (χ3v) is 5.66. The summed E-state index contributed by atoms with van der Waals surface area (Å²) in [7, 11) is -3.35. The number of nitrogens with one attached hydrogen (secondary N) is 1. The molecule has 1 N–H and O–H groups in total. The summed E-state index contributed by atoms with van der Waals surface area (Å²) in [5.41, 5.74) is 0.852. The fraction of sp³-hybridized carbons (Fsp3) is 0.211.